The average Bonchev–Trinajstić information content (AvgIpc) is 2.43. The van der Waals surface area contributed by atoms with Crippen molar-refractivity contribution in [3.05, 3.63) is 29.8 Å². The lowest BCUT2D eigenvalue weighted by atomic mass is 10.2. The summed E-state index contributed by atoms with van der Waals surface area (Å²) in [5.74, 6) is 2.11. The Morgan fingerprint density at radius 3 is 2.70 bits per heavy atom. The summed E-state index contributed by atoms with van der Waals surface area (Å²) in [6, 6.07) is 7.47. The van der Waals surface area contributed by atoms with E-state index in [1.807, 2.05) is 24.3 Å². The van der Waals surface area contributed by atoms with Crippen molar-refractivity contribution in [2.45, 2.75) is 32.9 Å². The van der Waals surface area contributed by atoms with E-state index in [9.17, 15) is 9.32 Å². The molecule has 0 heterocycles. The molecule has 2 unspecified atom stereocenters. The van der Waals surface area contributed by atoms with Crippen molar-refractivity contribution in [3.8, 4) is 5.75 Å². The smallest absolute Gasteiger partial charge is 0.123 e. The van der Waals surface area contributed by atoms with Crippen molar-refractivity contribution < 1.29 is 14.1 Å². The van der Waals surface area contributed by atoms with Crippen molar-refractivity contribution in [2.24, 2.45) is 11.7 Å². The summed E-state index contributed by atoms with van der Waals surface area (Å²) in [6.07, 6.45) is 0.199. The first-order chi connectivity index (χ1) is 9.52. The number of ether oxygens (including phenoxy) is 1. The van der Waals surface area contributed by atoms with Gasteiger partial charge in [0.15, 0.2) is 0 Å². The monoisotopic (exact) mass is 299 g/mol. The molecule has 1 aromatic carbocycles. The second-order valence-electron chi connectivity index (χ2n) is 5.27. The number of aliphatic hydroxyl groups is 1. The Balaban J connectivity index is 2.35. The summed E-state index contributed by atoms with van der Waals surface area (Å²) < 4.78 is 17.3. The van der Waals surface area contributed by atoms with Crippen molar-refractivity contribution >= 4 is 10.8 Å². The lowest BCUT2D eigenvalue weighted by molar-refractivity contribution is 0.125. The standard InChI is InChI=1S/C15H25NO3S/c1-12(2)7-8-20(18)11-14(17)10-19-15-6-4-3-5-13(15)9-16/h3-6,12,14,17H,7-11,16H2,1-2H3. The third-order valence-electron chi connectivity index (χ3n) is 2.92. The van der Waals surface area contributed by atoms with Crippen LogP contribution in [0.15, 0.2) is 24.3 Å². The second-order valence-corrected chi connectivity index (χ2v) is 6.89. The zero-order chi connectivity index (χ0) is 15.0. The van der Waals surface area contributed by atoms with E-state index in [4.69, 9.17) is 10.5 Å². The average molecular weight is 299 g/mol. The maximum absolute atomic E-state index is 11.8. The number of para-hydroxylation sites is 1. The van der Waals surface area contributed by atoms with Gasteiger partial charge in [-0.3, -0.25) is 4.21 Å². The molecule has 114 valence electrons. The molecule has 0 fully saturated rings. The van der Waals surface area contributed by atoms with Gasteiger partial charge in [0.1, 0.15) is 12.4 Å². The Morgan fingerprint density at radius 2 is 2.05 bits per heavy atom. The largest absolute Gasteiger partial charge is 0.491 e. The van der Waals surface area contributed by atoms with Crippen LogP contribution in [0.4, 0.5) is 0 Å². The molecule has 4 nitrogen and oxygen atoms in total. The molecule has 0 bridgehead atoms. The highest BCUT2D eigenvalue weighted by Gasteiger charge is 2.12. The fourth-order valence-electron chi connectivity index (χ4n) is 1.71. The van der Waals surface area contributed by atoms with Crippen LogP contribution in [-0.4, -0.2) is 33.5 Å². The van der Waals surface area contributed by atoms with Crippen molar-refractivity contribution in [3.63, 3.8) is 0 Å². The van der Waals surface area contributed by atoms with Crippen molar-refractivity contribution in [1.82, 2.24) is 0 Å². The van der Waals surface area contributed by atoms with Crippen LogP contribution in [0, 0.1) is 5.92 Å². The number of hydrogen-bond donors (Lipinski definition) is 2. The van der Waals surface area contributed by atoms with Gasteiger partial charge in [0, 0.05) is 28.7 Å². The molecule has 0 aliphatic heterocycles. The zero-order valence-electron chi connectivity index (χ0n) is 12.2. The Morgan fingerprint density at radius 1 is 1.35 bits per heavy atom. The van der Waals surface area contributed by atoms with Gasteiger partial charge in [-0.15, -0.1) is 0 Å². The van der Waals surface area contributed by atoms with E-state index in [1.54, 1.807) is 0 Å². The molecule has 1 aromatic rings. The molecule has 0 aliphatic rings. The molecular weight excluding hydrogens is 274 g/mol. The number of benzene rings is 1. The van der Waals surface area contributed by atoms with E-state index in [2.05, 4.69) is 13.8 Å². The summed E-state index contributed by atoms with van der Waals surface area (Å²) in [4.78, 5) is 0. The first-order valence-corrected chi connectivity index (χ1v) is 8.45. The minimum absolute atomic E-state index is 0.143. The summed E-state index contributed by atoms with van der Waals surface area (Å²) in [5.41, 5.74) is 6.52. The topological polar surface area (TPSA) is 72.5 Å². The molecule has 2 atom stereocenters. The molecule has 20 heavy (non-hydrogen) atoms. The first-order valence-electron chi connectivity index (χ1n) is 6.96. The maximum atomic E-state index is 11.8. The quantitative estimate of drug-likeness (QED) is 0.727. The van der Waals surface area contributed by atoms with E-state index in [1.165, 1.54) is 0 Å². The second kappa shape index (κ2) is 9.10. The van der Waals surface area contributed by atoms with Gasteiger partial charge in [0.2, 0.25) is 0 Å². The lowest BCUT2D eigenvalue weighted by Crippen LogP contribution is -2.26. The SMILES string of the molecule is CC(C)CCS(=O)CC(O)COc1ccccc1CN. The Hall–Kier alpha value is -0.910. The van der Waals surface area contributed by atoms with E-state index in [0.717, 1.165) is 12.0 Å². The van der Waals surface area contributed by atoms with E-state index >= 15 is 0 Å². The van der Waals surface area contributed by atoms with Gasteiger partial charge in [0.25, 0.3) is 0 Å². The van der Waals surface area contributed by atoms with Gasteiger partial charge < -0.3 is 15.6 Å². The molecule has 5 heteroatoms. The summed E-state index contributed by atoms with van der Waals surface area (Å²) in [6.45, 7) is 4.73. The number of hydrogen-bond acceptors (Lipinski definition) is 4. The van der Waals surface area contributed by atoms with Crippen LogP contribution in [0.5, 0.6) is 5.75 Å². The molecule has 0 saturated carbocycles. The van der Waals surface area contributed by atoms with Gasteiger partial charge in [-0.05, 0) is 18.4 Å². The molecule has 3 N–H and O–H groups in total. The maximum Gasteiger partial charge on any atom is 0.123 e. The highest BCUT2D eigenvalue weighted by atomic mass is 32.2. The predicted molar refractivity (Wildman–Crippen MR) is 83.2 cm³/mol. The fourth-order valence-corrected chi connectivity index (χ4v) is 3.14. The minimum atomic E-state index is -0.990. The van der Waals surface area contributed by atoms with Crippen molar-refractivity contribution in [2.75, 3.05) is 18.1 Å². The summed E-state index contributed by atoms with van der Waals surface area (Å²) in [5, 5.41) is 9.86. The Kier molecular flexibility index (Phi) is 7.80. The van der Waals surface area contributed by atoms with Crippen molar-refractivity contribution in [1.29, 1.82) is 0 Å². The van der Waals surface area contributed by atoms with Crippen LogP contribution >= 0.6 is 0 Å². The molecule has 0 amide bonds. The fraction of sp³-hybridized carbons (Fsp3) is 0.600. The van der Waals surface area contributed by atoms with Gasteiger partial charge in [-0.25, -0.2) is 0 Å². The van der Waals surface area contributed by atoms with E-state index in [-0.39, 0.29) is 12.4 Å². The molecule has 1 rings (SSSR count). The van der Waals surface area contributed by atoms with E-state index < -0.39 is 16.9 Å². The van der Waals surface area contributed by atoms with Crippen LogP contribution in [0.1, 0.15) is 25.8 Å². The van der Waals surface area contributed by atoms with Crippen LogP contribution in [0.3, 0.4) is 0 Å². The first kappa shape index (κ1) is 17.1. The third kappa shape index (κ3) is 6.50. The predicted octanol–water partition coefficient (Wildman–Crippen LogP) is 1.68. The summed E-state index contributed by atoms with van der Waals surface area (Å²) in [7, 11) is -0.990. The molecule has 0 saturated heterocycles. The Labute approximate surface area is 123 Å². The number of nitrogens with two attached hydrogens (primary N) is 1. The summed E-state index contributed by atoms with van der Waals surface area (Å²) >= 11 is 0. The van der Waals surface area contributed by atoms with Crippen LogP contribution in [0.25, 0.3) is 0 Å². The zero-order valence-corrected chi connectivity index (χ0v) is 13.1. The highest BCUT2D eigenvalue weighted by Crippen LogP contribution is 2.17. The number of rotatable bonds is 9. The van der Waals surface area contributed by atoms with Gasteiger partial charge in [-0.2, -0.15) is 0 Å². The molecular formula is C15H25NO3S. The molecule has 0 radical (unpaired) electrons. The van der Waals surface area contributed by atoms with E-state index in [0.29, 0.717) is 24.0 Å². The Bertz CT molecular complexity index is 423. The third-order valence-corrected chi connectivity index (χ3v) is 4.37. The van der Waals surface area contributed by atoms with Crippen LogP contribution < -0.4 is 10.5 Å². The van der Waals surface area contributed by atoms with Gasteiger partial charge in [-0.1, -0.05) is 32.0 Å². The molecule has 0 aromatic heterocycles. The molecule has 0 spiro atoms. The highest BCUT2D eigenvalue weighted by molar-refractivity contribution is 7.85. The van der Waals surface area contributed by atoms with Gasteiger partial charge in [0.05, 0.1) is 11.9 Å². The van der Waals surface area contributed by atoms with Gasteiger partial charge >= 0.3 is 0 Å². The molecule has 0 aliphatic carbocycles. The number of aliphatic hydroxyl groups excluding tert-OH is 1. The lowest BCUT2D eigenvalue weighted by Gasteiger charge is -2.14. The minimum Gasteiger partial charge on any atom is -0.491 e. The normalized spacial score (nSPS) is 14.2. The van der Waals surface area contributed by atoms with Crippen LogP contribution in [0.2, 0.25) is 0 Å². The van der Waals surface area contributed by atoms with Crippen LogP contribution in [-0.2, 0) is 17.3 Å².